The van der Waals surface area contributed by atoms with Crippen molar-refractivity contribution in [2.75, 3.05) is 37.0 Å². The standard InChI is InChI=1S/C20H25N3O3/c1-26-14-13-23-15-16(5-10-19(23)24)20(25)21-17-6-8-18(9-7-17)22-11-3-2-4-12-22/h5-10,15H,2-4,11-14H2,1H3,(H,21,25). The molecule has 1 N–H and O–H groups in total. The summed E-state index contributed by atoms with van der Waals surface area (Å²) in [6.45, 7) is 3.02. The minimum Gasteiger partial charge on any atom is -0.383 e. The van der Waals surface area contributed by atoms with Crippen molar-refractivity contribution in [1.29, 1.82) is 0 Å². The number of hydrogen-bond donors (Lipinski definition) is 1. The number of aromatic nitrogens is 1. The Hall–Kier alpha value is -2.60. The summed E-state index contributed by atoms with van der Waals surface area (Å²) < 4.78 is 6.48. The van der Waals surface area contributed by atoms with Gasteiger partial charge in [-0.25, -0.2) is 0 Å². The van der Waals surface area contributed by atoms with Crippen LogP contribution in [-0.4, -0.2) is 37.3 Å². The van der Waals surface area contributed by atoms with Gasteiger partial charge in [-0.05, 0) is 49.6 Å². The zero-order chi connectivity index (χ0) is 18.4. The number of carbonyl (C=O) groups is 1. The number of piperidine rings is 1. The van der Waals surface area contributed by atoms with Gasteiger partial charge in [-0.15, -0.1) is 0 Å². The molecule has 1 aliphatic heterocycles. The van der Waals surface area contributed by atoms with E-state index in [4.69, 9.17) is 4.74 Å². The van der Waals surface area contributed by atoms with Crippen LogP contribution in [0.4, 0.5) is 11.4 Å². The Kier molecular flexibility index (Phi) is 6.07. The van der Waals surface area contributed by atoms with E-state index in [2.05, 4.69) is 10.2 Å². The molecule has 2 heterocycles. The van der Waals surface area contributed by atoms with Crippen molar-refractivity contribution >= 4 is 17.3 Å². The Morgan fingerprint density at radius 3 is 2.50 bits per heavy atom. The molecular formula is C20H25N3O3. The van der Waals surface area contributed by atoms with Crippen LogP contribution in [0.5, 0.6) is 0 Å². The number of amides is 1. The predicted octanol–water partition coefficient (Wildman–Crippen LogP) is 2.74. The van der Waals surface area contributed by atoms with Gasteiger partial charge in [0.25, 0.3) is 11.5 Å². The van der Waals surface area contributed by atoms with E-state index in [1.165, 1.54) is 35.6 Å². The molecule has 0 atom stereocenters. The Morgan fingerprint density at radius 1 is 1.08 bits per heavy atom. The lowest BCUT2D eigenvalue weighted by atomic mass is 10.1. The number of benzene rings is 1. The molecule has 0 aliphatic carbocycles. The molecule has 1 fully saturated rings. The quantitative estimate of drug-likeness (QED) is 0.865. The first kappa shape index (κ1) is 18.2. The van der Waals surface area contributed by atoms with Crippen LogP contribution in [0.3, 0.4) is 0 Å². The molecule has 1 saturated heterocycles. The van der Waals surface area contributed by atoms with E-state index in [9.17, 15) is 9.59 Å². The Balaban J connectivity index is 1.66. The van der Waals surface area contributed by atoms with Gasteiger partial charge in [0.2, 0.25) is 0 Å². The fourth-order valence-electron chi connectivity index (χ4n) is 3.14. The highest BCUT2D eigenvalue weighted by molar-refractivity contribution is 6.04. The fraction of sp³-hybridized carbons (Fsp3) is 0.400. The van der Waals surface area contributed by atoms with E-state index in [-0.39, 0.29) is 11.5 Å². The van der Waals surface area contributed by atoms with E-state index in [1.54, 1.807) is 19.4 Å². The van der Waals surface area contributed by atoms with E-state index >= 15 is 0 Å². The van der Waals surface area contributed by atoms with Crippen LogP contribution < -0.4 is 15.8 Å². The SMILES string of the molecule is COCCn1cc(C(=O)Nc2ccc(N3CCCCC3)cc2)ccc1=O. The van der Waals surface area contributed by atoms with Crippen molar-refractivity contribution < 1.29 is 9.53 Å². The molecule has 6 heteroatoms. The number of ether oxygens (including phenoxy) is 1. The van der Waals surface area contributed by atoms with Crippen LogP contribution in [-0.2, 0) is 11.3 Å². The number of pyridine rings is 1. The first-order valence-corrected chi connectivity index (χ1v) is 9.03. The first-order valence-electron chi connectivity index (χ1n) is 9.03. The number of carbonyl (C=O) groups excluding carboxylic acids is 1. The third kappa shape index (κ3) is 4.52. The van der Waals surface area contributed by atoms with Crippen molar-refractivity contribution in [1.82, 2.24) is 4.57 Å². The average molecular weight is 355 g/mol. The summed E-state index contributed by atoms with van der Waals surface area (Å²) in [6.07, 6.45) is 5.34. The summed E-state index contributed by atoms with van der Waals surface area (Å²) in [5.41, 5.74) is 2.23. The third-order valence-corrected chi connectivity index (χ3v) is 4.63. The predicted molar refractivity (Wildman–Crippen MR) is 103 cm³/mol. The minimum absolute atomic E-state index is 0.149. The molecule has 0 unspecified atom stereocenters. The van der Waals surface area contributed by atoms with Gasteiger partial charge in [-0.1, -0.05) is 0 Å². The van der Waals surface area contributed by atoms with Crippen LogP contribution in [0.25, 0.3) is 0 Å². The molecule has 0 spiro atoms. The maximum Gasteiger partial charge on any atom is 0.257 e. The molecule has 2 aromatic rings. The molecular weight excluding hydrogens is 330 g/mol. The lowest BCUT2D eigenvalue weighted by Gasteiger charge is -2.28. The van der Waals surface area contributed by atoms with E-state index < -0.39 is 0 Å². The Bertz CT molecular complexity index is 793. The summed E-state index contributed by atoms with van der Waals surface area (Å²) in [4.78, 5) is 26.7. The lowest BCUT2D eigenvalue weighted by molar-refractivity contribution is 0.102. The van der Waals surface area contributed by atoms with Crippen LogP contribution in [0.2, 0.25) is 0 Å². The van der Waals surface area contributed by atoms with Crippen molar-refractivity contribution in [2.45, 2.75) is 25.8 Å². The Morgan fingerprint density at radius 2 is 1.81 bits per heavy atom. The van der Waals surface area contributed by atoms with Crippen molar-refractivity contribution in [3.05, 3.63) is 58.5 Å². The summed E-state index contributed by atoms with van der Waals surface area (Å²) in [5, 5.41) is 2.89. The molecule has 138 valence electrons. The highest BCUT2D eigenvalue weighted by atomic mass is 16.5. The molecule has 6 nitrogen and oxygen atoms in total. The van der Waals surface area contributed by atoms with Gasteiger partial charge in [0.1, 0.15) is 0 Å². The van der Waals surface area contributed by atoms with Gasteiger partial charge in [-0.3, -0.25) is 9.59 Å². The van der Waals surface area contributed by atoms with Gasteiger partial charge in [0.15, 0.2) is 0 Å². The van der Waals surface area contributed by atoms with Gasteiger partial charge in [0, 0.05) is 50.4 Å². The number of anilines is 2. The molecule has 0 saturated carbocycles. The van der Waals surface area contributed by atoms with Crippen molar-refractivity contribution in [2.24, 2.45) is 0 Å². The monoisotopic (exact) mass is 355 g/mol. The maximum absolute atomic E-state index is 12.5. The smallest absolute Gasteiger partial charge is 0.257 e. The number of hydrogen-bond acceptors (Lipinski definition) is 4. The highest BCUT2D eigenvalue weighted by Gasteiger charge is 2.12. The summed E-state index contributed by atoms with van der Waals surface area (Å²) in [6, 6.07) is 10.9. The zero-order valence-corrected chi connectivity index (χ0v) is 15.1. The average Bonchev–Trinajstić information content (AvgIpc) is 2.68. The Labute approximate surface area is 153 Å². The topological polar surface area (TPSA) is 63.6 Å². The summed E-state index contributed by atoms with van der Waals surface area (Å²) in [7, 11) is 1.58. The summed E-state index contributed by atoms with van der Waals surface area (Å²) >= 11 is 0. The first-order chi connectivity index (χ1) is 12.7. The molecule has 3 rings (SSSR count). The number of rotatable bonds is 6. The highest BCUT2D eigenvalue weighted by Crippen LogP contribution is 2.22. The van der Waals surface area contributed by atoms with Crippen molar-refractivity contribution in [3.8, 4) is 0 Å². The van der Waals surface area contributed by atoms with Gasteiger partial charge < -0.3 is 19.5 Å². The molecule has 1 amide bonds. The molecule has 0 radical (unpaired) electrons. The minimum atomic E-state index is -0.234. The van der Waals surface area contributed by atoms with E-state index in [1.807, 2.05) is 24.3 Å². The van der Waals surface area contributed by atoms with Crippen LogP contribution in [0.1, 0.15) is 29.6 Å². The zero-order valence-electron chi connectivity index (χ0n) is 15.1. The maximum atomic E-state index is 12.5. The van der Waals surface area contributed by atoms with E-state index in [0.717, 1.165) is 18.8 Å². The largest absolute Gasteiger partial charge is 0.383 e. The second kappa shape index (κ2) is 8.67. The molecule has 1 aromatic carbocycles. The van der Waals surface area contributed by atoms with Crippen LogP contribution in [0, 0.1) is 0 Å². The number of nitrogens with one attached hydrogen (secondary N) is 1. The van der Waals surface area contributed by atoms with E-state index in [0.29, 0.717) is 18.7 Å². The normalized spacial score (nSPS) is 14.3. The summed E-state index contributed by atoms with van der Waals surface area (Å²) in [5.74, 6) is -0.234. The van der Waals surface area contributed by atoms with Gasteiger partial charge >= 0.3 is 0 Å². The molecule has 1 aliphatic rings. The second-order valence-electron chi connectivity index (χ2n) is 6.49. The number of nitrogens with zero attached hydrogens (tertiary/aromatic N) is 2. The van der Waals surface area contributed by atoms with Gasteiger partial charge in [0.05, 0.1) is 12.2 Å². The second-order valence-corrected chi connectivity index (χ2v) is 6.49. The van der Waals surface area contributed by atoms with Crippen molar-refractivity contribution in [3.63, 3.8) is 0 Å². The number of methoxy groups -OCH3 is 1. The van der Waals surface area contributed by atoms with Crippen LogP contribution in [0.15, 0.2) is 47.4 Å². The fourth-order valence-corrected chi connectivity index (χ4v) is 3.14. The molecule has 1 aromatic heterocycles. The lowest BCUT2D eigenvalue weighted by Crippen LogP contribution is -2.29. The third-order valence-electron chi connectivity index (χ3n) is 4.63. The van der Waals surface area contributed by atoms with Crippen LogP contribution >= 0.6 is 0 Å². The molecule has 26 heavy (non-hydrogen) atoms. The van der Waals surface area contributed by atoms with Gasteiger partial charge in [-0.2, -0.15) is 0 Å². The molecule has 0 bridgehead atoms.